The molecule has 7 heteroatoms. The Labute approximate surface area is 181 Å². The lowest BCUT2D eigenvalue weighted by Crippen LogP contribution is -2.22. The van der Waals surface area contributed by atoms with Gasteiger partial charge < -0.3 is 14.6 Å². The first-order valence-corrected chi connectivity index (χ1v) is 10.8. The van der Waals surface area contributed by atoms with Gasteiger partial charge in [0.05, 0.1) is 11.1 Å². The van der Waals surface area contributed by atoms with E-state index in [-0.39, 0.29) is 18.5 Å². The van der Waals surface area contributed by atoms with Crippen LogP contribution >= 0.6 is 11.6 Å². The van der Waals surface area contributed by atoms with Crippen LogP contribution < -0.4 is 10.1 Å². The van der Waals surface area contributed by atoms with Crippen molar-refractivity contribution in [1.29, 1.82) is 0 Å². The number of rotatable bonds is 7. The third-order valence-electron chi connectivity index (χ3n) is 5.51. The number of fused-ring (bicyclic) bond motifs is 1. The second-order valence-electron chi connectivity index (χ2n) is 7.67. The van der Waals surface area contributed by atoms with E-state index in [9.17, 15) is 4.39 Å². The van der Waals surface area contributed by atoms with Crippen LogP contribution in [0, 0.1) is 5.82 Å². The van der Waals surface area contributed by atoms with Crippen LogP contribution in [0.1, 0.15) is 55.0 Å². The molecule has 0 radical (unpaired) electrons. The van der Waals surface area contributed by atoms with E-state index in [0.717, 1.165) is 30.2 Å². The summed E-state index contributed by atoms with van der Waals surface area (Å²) in [6.45, 7) is 3.93. The van der Waals surface area contributed by atoms with Gasteiger partial charge in [-0.2, -0.15) is 0 Å². The molecule has 1 aliphatic heterocycles. The molecule has 158 valence electrons. The van der Waals surface area contributed by atoms with Crippen LogP contribution in [-0.2, 0) is 26.1 Å². The maximum absolute atomic E-state index is 13.9. The summed E-state index contributed by atoms with van der Waals surface area (Å²) < 4.78 is 21.8. The van der Waals surface area contributed by atoms with Crippen molar-refractivity contribution in [2.45, 2.75) is 58.3 Å². The van der Waals surface area contributed by atoms with Crippen LogP contribution in [0.5, 0.6) is 5.75 Å². The number of aryl methyl sites for hydroxylation is 1. The molecule has 0 saturated heterocycles. The summed E-state index contributed by atoms with van der Waals surface area (Å²) in [5, 5.41) is 12.7. The SMILES string of the molecule is C[C@H](NCc1ccc(OCc2c(F)cccc2Cl)cc1)c1nnc2n1CCCCC2. The molecule has 3 aromatic rings. The van der Waals surface area contributed by atoms with Crippen molar-refractivity contribution in [1.82, 2.24) is 20.1 Å². The smallest absolute Gasteiger partial charge is 0.149 e. The molecule has 0 bridgehead atoms. The van der Waals surface area contributed by atoms with Gasteiger partial charge in [-0.25, -0.2) is 4.39 Å². The fourth-order valence-corrected chi connectivity index (χ4v) is 3.94. The summed E-state index contributed by atoms with van der Waals surface area (Å²) in [6, 6.07) is 12.5. The average Bonchev–Trinajstić information content (AvgIpc) is 3.01. The molecule has 1 aromatic heterocycles. The van der Waals surface area contributed by atoms with Gasteiger partial charge >= 0.3 is 0 Å². The largest absolute Gasteiger partial charge is 0.489 e. The topological polar surface area (TPSA) is 52.0 Å². The van der Waals surface area contributed by atoms with E-state index < -0.39 is 0 Å². The highest BCUT2D eigenvalue weighted by molar-refractivity contribution is 6.31. The lowest BCUT2D eigenvalue weighted by Gasteiger charge is -2.15. The van der Waals surface area contributed by atoms with Gasteiger partial charge in [0.2, 0.25) is 0 Å². The van der Waals surface area contributed by atoms with E-state index in [1.807, 2.05) is 24.3 Å². The van der Waals surface area contributed by atoms with Crippen LogP contribution in [0.25, 0.3) is 0 Å². The minimum atomic E-state index is -0.358. The van der Waals surface area contributed by atoms with Crippen molar-refractivity contribution in [3.05, 3.63) is 76.1 Å². The number of hydrogen-bond acceptors (Lipinski definition) is 4. The number of hydrogen-bond donors (Lipinski definition) is 1. The molecule has 0 unspecified atom stereocenters. The maximum atomic E-state index is 13.9. The van der Waals surface area contributed by atoms with E-state index in [2.05, 4.69) is 27.0 Å². The number of aromatic nitrogens is 3. The van der Waals surface area contributed by atoms with Crippen molar-refractivity contribution < 1.29 is 9.13 Å². The van der Waals surface area contributed by atoms with Gasteiger partial charge in [0.1, 0.15) is 29.8 Å². The highest BCUT2D eigenvalue weighted by Gasteiger charge is 2.18. The Hall–Kier alpha value is -2.44. The molecule has 0 amide bonds. The van der Waals surface area contributed by atoms with Gasteiger partial charge in [-0.1, -0.05) is 36.2 Å². The normalized spacial score (nSPS) is 14.8. The molecule has 0 saturated carbocycles. The van der Waals surface area contributed by atoms with Crippen molar-refractivity contribution in [2.24, 2.45) is 0 Å². The standard InChI is InChI=1S/C23H26ClFN4O/c1-16(23-28-27-22-8-3-2-4-13-29(22)23)26-14-17-9-11-18(12-10-17)30-15-19-20(24)6-5-7-21(19)25/h5-7,9-12,16,26H,2-4,8,13-15H2,1H3/t16-/m0/s1. The monoisotopic (exact) mass is 428 g/mol. The molecule has 1 N–H and O–H groups in total. The van der Waals surface area contributed by atoms with E-state index in [1.165, 1.54) is 25.3 Å². The zero-order valence-corrected chi connectivity index (χ0v) is 17.8. The van der Waals surface area contributed by atoms with Crippen LogP contribution in [0.3, 0.4) is 0 Å². The molecule has 0 aliphatic carbocycles. The Morgan fingerprint density at radius 3 is 2.77 bits per heavy atom. The zero-order valence-electron chi connectivity index (χ0n) is 17.1. The van der Waals surface area contributed by atoms with Crippen molar-refractivity contribution in [3.63, 3.8) is 0 Å². The van der Waals surface area contributed by atoms with Gasteiger partial charge in [0.15, 0.2) is 0 Å². The summed E-state index contributed by atoms with van der Waals surface area (Å²) in [5.74, 6) is 2.43. The fraction of sp³-hybridized carbons (Fsp3) is 0.391. The average molecular weight is 429 g/mol. The van der Waals surface area contributed by atoms with Crippen molar-refractivity contribution >= 4 is 11.6 Å². The molecule has 30 heavy (non-hydrogen) atoms. The van der Waals surface area contributed by atoms with Crippen LogP contribution in [0.15, 0.2) is 42.5 Å². The van der Waals surface area contributed by atoms with Crippen molar-refractivity contribution in [2.75, 3.05) is 0 Å². The molecule has 0 fully saturated rings. The Morgan fingerprint density at radius 2 is 1.97 bits per heavy atom. The number of halogens is 2. The molecule has 2 heterocycles. The molecular formula is C23H26ClFN4O. The Balaban J connectivity index is 1.32. The third kappa shape index (κ3) is 4.82. The van der Waals surface area contributed by atoms with Gasteiger partial charge in [0, 0.05) is 25.1 Å². The minimum Gasteiger partial charge on any atom is -0.489 e. The first-order chi connectivity index (χ1) is 14.6. The molecule has 5 nitrogen and oxygen atoms in total. The summed E-state index contributed by atoms with van der Waals surface area (Å²) in [6.07, 6.45) is 4.64. The molecule has 0 spiro atoms. The fourth-order valence-electron chi connectivity index (χ4n) is 3.72. The highest BCUT2D eigenvalue weighted by Crippen LogP contribution is 2.22. The van der Waals surface area contributed by atoms with Crippen LogP contribution in [-0.4, -0.2) is 14.8 Å². The second kappa shape index (κ2) is 9.58. The number of benzene rings is 2. The molecular weight excluding hydrogens is 403 g/mol. The quantitative estimate of drug-likeness (QED) is 0.560. The Morgan fingerprint density at radius 1 is 1.13 bits per heavy atom. The number of nitrogens with one attached hydrogen (secondary N) is 1. The predicted octanol–water partition coefficient (Wildman–Crippen LogP) is 5.23. The highest BCUT2D eigenvalue weighted by atomic mass is 35.5. The first kappa shape index (κ1) is 20.8. The number of nitrogens with zero attached hydrogens (tertiary/aromatic N) is 3. The lowest BCUT2D eigenvalue weighted by molar-refractivity contribution is 0.300. The van der Waals surface area contributed by atoms with E-state index in [0.29, 0.717) is 22.9 Å². The number of ether oxygens (including phenoxy) is 1. The molecule has 1 atom stereocenters. The molecule has 1 aliphatic rings. The summed E-state index contributed by atoms with van der Waals surface area (Å²) in [5.41, 5.74) is 1.50. The van der Waals surface area contributed by atoms with Gasteiger partial charge in [-0.15, -0.1) is 10.2 Å². The van der Waals surface area contributed by atoms with Gasteiger partial charge in [-0.3, -0.25) is 0 Å². The Kier molecular flexibility index (Phi) is 6.65. The first-order valence-electron chi connectivity index (χ1n) is 10.4. The van der Waals surface area contributed by atoms with Crippen LogP contribution in [0.4, 0.5) is 4.39 Å². The summed E-state index contributed by atoms with van der Waals surface area (Å²) in [7, 11) is 0. The zero-order chi connectivity index (χ0) is 20.9. The van der Waals surface area contributed by atoms with Crippen LogP contribution in [0.2, 0.25) is 5.02 Å². The lowest BCUT2D eigenvalue weighted by atomic mass is 10.2. The maximum Gasteiger partial charge on any atom is 0.149 e. The Bertz CT molecular complexity index is 969. The third-order valence-corrected chi connectivity index (χ3v) is 5.86. The summed E-state index contributed by atoms with van der Waals surface area (Å²) >= 11 is 6.05. The minimum absolute atomic E-state index is 0.0954. The van der Waals surface area contributed by atoms with E-state index >= 15 is 0 Å². The molecule has 2 aromatic carbocycles. The summed E-state index contributed by atoms with van der Waals surface area (Å²) in [4.78, 5) is 0. The van der Waals surface area contributed by atoms with Gasteiger partial charge in [0.25, 0.3) is 0 Å². The predicted molar refractivity (Wildman–Crippen MR) is 115 cm³/mol. The van der Waals surface area contributed by atoms with Crippen molar-refractivity contribution in [3.8, 4) is 5.75 Å². The molecule has 4 rings (SSSR count). The van der Waals surface area contributed by atoms with E-state index in [1.54, 1.807) is 12.1 Å². The second-order valence-corrected chi connectivity index (χ2v) is 8.08. The van der Waals surface area contributed by atoms with Gasteiger partial charge in [-0.05, 0) is 49.6 Å². The van der Waals surface area contributed by atoms with E-state index in [4.69, 9.17) is 16.3 Å².